The Labute approximate surface area is 219 Å². The molecule has 0 aromatic heterocycles. The van der Waals surface area contributed by atoms with Crippen molar-refractivity contribution in [2.24, 2.45) is 0 Å². The van der Waals surface area contributed by atoms with Gasteiger partial charge in [0, 0.05) is 37.5 Å². The highest BCUT2D eigenvalue weighted by atomic mass is 16.5. The molecule has 0 spiro atoms. The minimum Gasteiger partial charge on any atom is -0.507 e. The summed E-state index contributed by atoms with van der Waals surface area (Å²) in [6.07, 6.45) is 1.67. The van der Waals surface area contributed by atoms with Gasteiger partial charge in [-0.2, -0.15) is 0 Å². The highest BCUT2D eigenvalue weighted by molar-refractivity contribution is 6.46. The second-order valence-corrected chi connectivity index (χ2v) is 10.00. The number of likely N-dealkylation sites (tertiary alicyclic amines) is 1. The van der Waals surface area contributed by atoms with E-state index in [0.717, 1.165) is 42.7 Å². The Kier molecular flexibility index (Phi) is 8.22. The zero-order valence-electron chi connectivity index (χ0n) is 22.5. The summed E-state index contributed by atoms with van der Waals surface area (Å²) in [5.74, 6) is -0.737. The zero-order valence-corrected chi connectivity index (χ0v) is 22.5. The normalized spacial score (nSPS) is 21.2. The molecule has 7 heteroatoms. The van der Waals surface area contributed by atoms with Crippen molar-refractivity contribution in [3.05, 3.63) is 64.7 Å². The van der Waals surface area contributed by atoms with Gasteiger partial charge >= 0.3 is 0 Å². The lowest BCUT2D eigenvalue weighted by Gasteiger charge is -2.28. The van der Waals surface area contributed by atoms with Crippen LogP contribution >= 0.6 is 0 Å². The number of carbonyl (C=O) groups excluding carboxylic acids is 2. The molecule has 2 aromatic carbocycles. The molecule has 2 aliphatic rings. The van der Waals surface area contributed by atoms with Crippen LogP contribution in [0.2, 0.25) is 0 Å². The van der Waals surface area contributed by atoms with E-state index in [0.29, 0.717) is 24.5 Å². The Hall–Kier alpha value is -3.32. The van der Waals surface area contributed by atoms with E-state index < -0.39 is 17.7 Å². The molecule has 0 bridgehead atoms. The standard InChI is InChI=1S/C30H38N2O5/c1-6-31(7-2)23-13-10-21(11-14-23)27-26(29(34)30(35)32(27)18-24-9-8-16-36-24)28(33)22-12-15-25(20(5)17-22)37-19(3)4/h10-15,17,19,24,27,33H,6-9,16,18H2,1-5H3/b28-26-. The van der Waals surface area contributed by atoms with Crippen LogP contribution in [0.5, 0.6) is 5.75 Å². The second-order valence-electron chi connectivity index (χ2n) is 10.00. The molecule has 37 heavy (non-hydrogen) atoms. The van der Waals surface area contributed by atoms with Gasteiger partial charge in [-0.05, 0) is 88.9 Å². The van der Waals surface area contributed by atoms with Gasteiger partial charge < -0.3 is 24.4 Å². The molecule has 198 valence electrons. The fourth-order valence-electron chi connectivity index (χ4n) is 5.22. The summed E-state index contributed by atoms with van der Waals surface area (Å²) >= 11 is 0. The zero-order chi connectivity index (χ0) is 26.7. The minimum atomic E-state index is -0.693. The number of benzene rings is 2. The van der Waals surface area contributed by atoms with Gasteiger partial charge in [-0.15, -0.1) is 0 Å². The quantitative estimate of drug-likeness (QED) is 0.285. The minimum absolute atomic E-state index is 0.0144. The van der Waals surface area contributed by atoms with E-state index in [9.17, 15) is 14.7 Å². The van der Waals surface area contributed by atoms with E-state index in [-0.39, 0.29) is 23.5 Å². The Morgan fingerprint density at radius 3 is 2.41 bits per heavy atom. The first-order valence-corrected chi connectivity index (χ1v) is 13.3. The Bertz CT molecular complexity index is 1160. The summed E-state index contributed by atoms with van der Waals surface area (Å²) in [5.41, 5.74) is 3.28. The van der Waals surface area contributed by atoms with Crippen LogP contribution in [0, 0.1) is 6.92 Å². The molecule has 0 aliphatic carbocycles. The Morgan fingerprint density at radius 1 is 1.14 bits per heavy atom. The van der Waals surface area contributed by atoms with Crippen molar-refractivity contribution in [2.45, 2.75) is 65.7 Å². The summed E-state index contributed by atoms with van der Waals surface area (Å²) < 4.78 is 11.6. The lowest BCUT2D eigenvalue weighted by atomic mass is 9.94. The van der Waals surface area contributed by atoms with Gasteiger partial charge in [0.05, 0.1) is 23.8 Å². The molecule has 2 atom stereocenters. The van der Waals surface area contributed by atoms with Crippen LogP contribution in [0.25, 0.3) is 5.76 Å². The molecule has 0 radical (unpaired) electrons. The molecule has 2 aromatic rings. The molecule has 2 unspecified atom stereocenters. The van der Waals surface area contributed by atoms with Gasteiger partial charge in [0.2, 0.25) is 0 Å². The molecular formula is C30H38N2O5. The van der Waals surface area contributed by atoms with Crippen molar-refractivity contribution in [2.75, 3.05) is 31.1 Å². The van der Waals surface area contributed by atoms with E-state index >= 15 is 0 Å². The number of ketones is 1. The van der Waals surface area contributed by atoms with Crippen LogP contribution in [0.3, 0.4) is 0 Å². The van der Waals surface area contributed by atoms with Crippen molar-refractivity contribution in [1.29, 1.82) is 0 Å². The van der Waals surface area contributed by atoms with Gasteiger partial charge in [0.1, 0.15) is 11.5 Å². The third-order valence-corrected chi connectivity index (χ3v) is 7.11. The molecule has 2 aliphatic heterocycles. The van der Waals surface area contributed by atoms with E-state index in [2.05, 4.69) is 18.7 Å². The van der Waals surface area contributed by atoms with Crippen molar-refractivity contribution < 1.29 is 24.2 Å². The SMILES string of the molecule is CCN(CC)c1ccc(C2/C(=C(/O)c3ccc(OC(C)C)c(C)c3)C(=O)C(=O)N2CC2CCCO2)cc1. The van der Waals surface area contributed by atoms with E-state index in [1.165, 1.54) is 0 Å². The van der Waals surface area contributed by atoms with Crippen molar-refractivity contribution in [3.63, 3.8) is 0 Å². The molecule has 7 nitrogen and oxygen atoms in total. The largest absolute Gasteiger partial charge is 0.507 e. The fourth-order valence-corrected chi connectivity index (χ4v) is 5.22. The second kappa shape index (κ2) is 11.4. The van der Waals surface area contributed by atoms with E-state index in [1.807, 2.05) is 45.0 Å². The maximum atomic E-state index is 13.4. The van der Waals surface area contributed by atoms with Crippen LogP contribution < -0.4 is 9.64 Å². The van der Waals surface area contributed by atoms with E-state index in [1.54, 1.807) is 23.1 Å². The molecule has 1 N–H and O–H groups in total. The summed E-state index contributed by atoms with van der Waals surface area (Å²) in [6, 6.07) is 12.5. The lowest BCUT2D eigenvalue weighted by Crippen LogP contribution is -2.36. The number of amides is 1. The van der Waals surface area contributed by atoms with Crippen LogP contribution in [-0.4, -0.2) is 60.1 Å². The molecule has 1 amide bonds. The number of hydrogen-bond donors (Lipinski definition) is 1. The third-order valence-electron chi connectivity index (χ3n) is 7.11. The van der Waals surface area contributed by atoms with Crippen LogP contribution in [0.15, 0.2) is 48.0 Å². The van der Waals surface area contributed by atoms with Gasteiger partial charge in [-0.1, -0.05) is 12.1 Å². The van der Waals surface area contributed by atoms with Crippen molar-refractivity contribution >= 4 is 23.1 Å². The smallest absolute Gasteiger partial charge is 0.295 e. The van der Waals surface area contributed by atoms with Gasteiger partial charge in [0.15, 0.2) is 0 Å². The number of nitrogens with zero attached hydrogens (tertiary/aromatic N) is 2. The number of aliphatic hydroxyl groups is 1. The number of Topliss-reactive ketones (excluding diaryl/α,β-unsaturated/α-hetero) is 1. The Balaban J connectivity index is 1.78. The summed E-state index contributed by atoms with van der Waals surface area (Å²) in [6.45, 7) is 12.7. The summed E-state index contributed by atoms with van der Waals surface area (Å²) in [4.78, 5) is 30.5. The molecule has 4 rings (SSSR count). The number of rotatable bonds is 9. The summed E-state index contributed by atoms with van der Waals surface area (Å²) in [5, 5.41) is 11.4. The van der Waals surface area contributed by atoms with Crippen LogP contribution in [0.1, 0.15) is 63.3 Å². The first-order valence-electron chi connectivity index (χ1n) is 13.3. The predicted octanol–water partition coefficient (Wildman–Crippen LogP) is 5.23. The van der Waals surface area contributed by atoms with Crippen molar-refractivity contribution in [3.8, 4) is 5.75 Å². The Morgan fingerprint density at radius 2 is 1.84 bits per heavy atom. The van der Waals surface area contributed by atoms with Gasteiger partial charge in [0.25, 0.3) is 11.7 Å². The lowest BCUT2D eigenvalue weighted by molar-refractivity contribution is -0.140. The number of carbonyl (C=O) groups is 2. The number of anilines is 1. The molecule has 2 heterocycles. The number of aryl methyl sites for hydroxylation is 1. The molecule has 2 fully saturated rings. The molecule has 2 saturated heterocycles. The maximum absolute atomic E-state index is 13.4. The first kappa shape index (κ1) is 26.7. The third kappa shape index (κ3) is 5.52. The number of aliphatic hydroxyl groups excluding tert-OH is 1. The number of hydrogen-bond acceptors (Lipinski definition) is 6. The van der Waals surface area contributed by atoms with E-state index in [4.69, 9.17) is 9.47 Å². The molecular weight excluding hydrogens is 468 g/mol. The van der Waals surface area contributed by atoms with Crippen LogP contribution in [-0.2, 0) is 14.3 Å². The average Bonchev–Trinajstić information content (AvgIpc) is 3.48. The van der Waals surface area contributed by atoms with Gasteiger partial charge in [-0.25, -0.2) is 0 Å². The topological polar surface area (TPSA) is 79.3 Å². The van der Waals surface area contributed by atoms with Gasteiger partial charge in [-0.3, -0.25) is 9.59 Å². The highest BCUT2D eigenvalue weighted by Gasteiger charge is 2.47. The summed E-state index contributed by atoms with van der Waals surface area (Å²) in [7, 11) is 0. The monoisotopic (exact) mass is 506 g/mol. The first-order chi connectivity index (χ1) is 17.7. The molecule has 0 saturated carbocycles. The van der Waals surface area contributed by atoms with Crippen molar-refractivity contribution in [1.82, 2.24) is 4.90 Å². The number of ether oxygens (including phenoxy) is 2. The average molecular weight is 507 g/mol. The van der Waals surface area contributed by atoms with Crippen LogP contribution in [0.4, 0.5) is 5.69 Å². The highest BCUT2D eigenvalue weighted by Crippen LogP contribution is 2.41. The maximum Gasteiger partial charge on any atom is 0.295 e. The fraction of sp³-hybridized carbons (Fsp3) is 0.467. The predicted molar refractivity (Wildman–Crippen MR) is 145 cm³/mol.